The van der Waals surface area contributed by atoms with Gasteiger partial charge in [-0.1, -0.05) is 42.5 Å². The highest BCUT2D eigenvalue weighted by molar-refractivity contribution is 5.96. The van der Waals surface area contributed by atoms with Gasteiger partial charge in [0.2, 0.25) is 0 Å². The molecule has 0 bridgehead atoms. The maximum atomic E-state index is 13.1. The number of nitrogens with zero attached hydrogens (tertiary/aromatic N) is 2. The molecule has 3 aromatic carbocycles. The highest BCUT2D eigenvalue weighted by atomic mass is 16.6. The zero-order chi connectivity index (χ0) is 23.3. The van der Waals surface area contributed by atoms with Gasteiger partial charge in [0, 0.05) is 29.3 Å². The Morgan fingerprint density at radius 3 is 2.12 bits per heavy atom. The van der Waals surface area contributed by atoms with Crippen LogP contribution in [0, 0.1) is 10.1 Å². The fourth-order valence-electron chi connectivity index (χ4n) is 4.11. The maximum absolute atomic E-state index is 13.1. The van der Waals surface area contributed by atoms with Crippen LogP contribution in [0.1, 0.15) is 49.2 Å². The fraction of sp³-hybridized carbons (Fsp3) is 0.296. The lowest BCUT2D eigenvalue weighted by molar-refractivity contribution is -0.385. The van der Waals surface area contributed by atoms with E-state index in [-0.39, 0.29) is 28.6 Å². The van der Waals surface area contributed by atoms with Crippen LogP contribution in [0.3, 0.4) is 0 Å². The molecule has 0 aliphatic heterocycles. The Kier molecular flexibility index (Phi) is 7.41. The minimum Gasteiger partial charge on any atom is -0.334 e. The number of carbonyl (C=O) groups excluding carboxylic acids is 1. The SMILES string of the molecule is CC(C)N(C(=O)c1cccc(-c2ccc([N+](=O)[O-])c(CCc3ccccc3)c2)c1)C(C)C. The van der Waals surface area contributed by atoms with Crippen molar-refractivity contribution in [3.05, 3.63) is 99.6 Å². The first-order chi connectivity index (χ1) is 15.3. The van der Waals surface area contributed by atoms with Gasteiger partial charge in [-0.25, -0.2) is 0 Å². The first-order valence-corrected chi connectivity index (χ1v) is 11.0. The van der Waals surface area contributed by atoms with Crippen LogP contribution in [-0.4, -0.2) is 27.8 Å². The Balaban J connectivity index is 1.93. The van der Waals surface area contributed by atoms with E-state index >= 15 is 0 Å². The molecule has 0 aromatic heterocycles. The molecule has 1 amide bonds. The Morgan fingerprint density at radius 1 is 0.844 bits per heavy atom. The number of amides is 1. The van der Waals surface area contributed by atoms with Gasteiger partial charge in [-0.05, 0) is 81.5 Å². The fourth-order valence-corrected chi connectivity index (χ4v) is 4.11. The number of hydrogen-bond donors (Lipinski definition) is 0. The van der Waals surface area contributed by atoms with Crippen molar-refractivity contribution in [2.45, 2.75) is 52.6 Å². The van der Waals surface area contributed by atoms with Gasteiger partial charge in [-0.3, -0.25) is 14.9 Å². The average molecular weight is 431 g/mol. The summed E-state index contributed by atoms with van der Waals surface area (Å²) in [5, 5.41) is 11.6. The van der Waals surface area contributed by atoms with E-state index in [1.165, 1.54) is 0 Å². The van der Waals surface area contributed by atoms with Gasteiger partial charge in [0.1, 0.15) is 0 Å². The maximum Gasteiger partial charge on any atom is 0.272 e. The van der Waals surface area contributed by atoms with Gasteiger partial charge in [-0.15, -0.1) is 0 Å². The third-order valence-corrected chi connectivity index (χ3v) is 5.59. The number of benzene rings is 3. The van der Waals surface area contributed by atoms with Crippen LogP contribution in [0.2, 0.25) is 0 Å². The number of aryl methyl sites for hydroxylation is 2. The van der Waals surface area contributed by atoms with Crippen LogP contribution < -0.4 is 0 Å². The Morgan fingerprint density at radius 2 is 1.50 bits per heavy atom. The van der Waals surface area contributed by atoms with Gasteiger partial charge in [0.15, 0.2) is 0 Å². The van der Waals surface area contributed by atoms with Gasteiger partial charge in [0.25, 0.3) is 11.6 Å². The van der Waals surface area contributed by atoms with Crippen LogP contribution in [0.25, 0.3) is 11.1 Å². The van der Waals surface area contributed by atoms with E-state index in [9.17, 15) is 14.9 Å². The molecule has 0 saturated carbocycles. The number of nitro groups is 1. The van der Waals surface area contributed by atoms with Gasteiger partial charge in [-0.2, -0.15) is 0 Å². The predicted molar refractivity (Wildman–Crippen MR) is 129 cm³/mol. The summed E-state index contributed by atoms with van der Waals surface area (Å²) in [6.07, 6.45) is 1.29. The summed E-state index contributed by atoms with van der Waals surface area (Å²) in [7, 11) is 0. The van der Waals surface area contributed by atoms with Gasteiger partial charge in [0.05, 0.1) is 4.92 Å². The molecular formula is C27H30N2O3. The van der Waals surface area contributed by atoms with E-state index < -0.39 is 0 Å². The van der Waals surface area contributed by atoms with Crippen molar-refractivity contribution in [3.63, 3.8) is 0 Å². The molecule has 0 aliphatic rings. The molecule has 0 spiro atoms. The number of carbonyl (C=O) groups is 1. The highest BCUT2D eigenvalue weighted by Crippen LogP contribution is 2.29. The van der Waals surface area contributed by atoms with Crippen molar-refractivity contribution in [1.82, 2.24) is 4.90 Å². The van der Waals surface area contributed by atoms with E-state index in [0.717, 1.165) is 23.1 Å². The molecule has 5 nitrogen and oxygen atoms in total. The number of nitro benzene ring substituents is 1. The van der Waals surface area contributed by atoms with Crippen molar-refractivity contribution in [2.24, 2.45) is 0 Å². The molecule has 3 aromatic rings. The lowest BCUT2D eigenvalue weighted by Crippen LogP contribution is -2.42. The molecule has 0 radical (unpaired) electrons. The first-order valence-electron chi connectivity index (χ1n) is 11.0. The van der Waals surface area contributed by atoms with Crippen LogP contribution >= 0.6 is 0 Å². The Bertz CT molecular complexity index is 1080. The lowest BCUT2D eigenvalue weighted by atomic mass is 9.96. The zero-order valence-corrected chi connectivity index (χ0v) is 19.1. The molecule has 0 atom stereocenters. The van der Waals surface area contributed by atoms with Crippen LogP contribution in [-0.2, 0) is 12.8 Å². The minimum absolute atomic E-state index is 0.0111. The van der Waals surface area contributed by atoms with Crippen molar-refractivity contribution in [2.75, 3.05) is 0 Å². The quantitative estimate of drug-likeness (QED) is 0.311. The summed E-state index contributed by atoms with van der Waals surface area (Å²) in [5.74, 6) is -0.0111. The third-order valence-electron chi connectivity index (χ3n) is 5.59. The molecule has 5 heteroatoms. The Labute approximate surface area is 189 Å². The van der Waals surface area contributed by atoms with Gasteiger partial charge < -0.3 is 4.90 Å². The highest BCUT2D eigenvalue weighted by Gasteiger charge is 2.22. The second-order valence-corrected chi connectivity index (χ2v) is 8.57. The van der Waals surface area contributed by atoms with Crippen molar-refractivity contribution < 1.29 is 9.72 Å². The monoisotopic (exact) mass is 430 g/mol. The summed E-state index contributed by atoms with van der Waals surface area (Å²) < 4.78 is 0. The van der Waals surface area contributed by atoms with Crippen molar-refractivity contribution in [1.29, 1.82) is 0 Å². The van der Waals surface area contributed by atoms with E-state index in [2.05, 4.69) is 0 Å². The van der Waals surface area contributed by atoms with E-state index in [1.807, 2.05) is 93.3 Å². The average Bonchev–Trinajstić information content (AvgIpc) is 2.77. The number of rotatable bonds is 8. The molecule has 0 saturated heterocycles. The molecule has 0 heterocycles. The molecule has 0 aliphatic carbocycles. The van der Waals surface area contributed by atoms with Crippen LogP contribution in [0.15, 0.2) is 72.8 Å². The summed E-state index contributed by atoms with van der Waals surface area (Å²) in [4.78, 5) is 26.2. The first kappa shape index (κ1) is 23.2. The molecule has 3 rings (SSSR count). The summed E-state index contributed by atoms with van der Waals surface area (Å²) >= 11 is 0. The second kappa shape index (κ2) is 10.2. The number of hydrogen-bond acceptors (Lipinski definition) is 3. The molecular weight excluding hydrogens is 400 g/mol. The molecule has 32 heavy (non-hydrogen) atoms. The molecule has 0 fully saturated rings. The summed E-state index contributed by atoms with van der Waals surface area (Å²) in [6, 6.07) is 22.9. The molecule has 0 unspecified atom stereocenters. The summed E-state index contributed by atoms with van der Waals surface area (Å²) in [5.41, 5.74) is 4.33. The van der Waals surface area contributed by atoms with E-state index in [0.29, 0.717) is 17.5 Å². The second-order valence-electron chi connectivity index (χ2n) is 8.57. The van der Waals surface area contributed by atoms with Gasteiger partial charge >= 0.3 is 0 Å². The largest absolute Gasteiger partial charge is 0.334 e. The van der Waals surface area contributed by atoms with Crippen molar-refractivity contribution >= 4 is 11.6 Å². The smallest absolute Gasteiger partial charge is 0.272 e. The lowest BCUT2D eigenvalue weighted by Gasteiger charge is -2.31. The Hall–Kier alpha value is -3.47. The third kappa shape index (κ3) is 5.41. The van der Waals surface area contributed by atoms with Crippen LogP contribution in [0.5, 0.6) is 0 Å². The normalized spacial score (nSPS) is 11.1. The van der Waals surface area contributed by atoms with Crippen LogP contribution in [0.4, 0.5) is 5.69 Å². The molecule has 166 valence electrons. The standard InChI is InChI=1S/C27H30N2O3/c1-19(2)28(20(3)4)27(30)25-12-8-11-22(18-25)23-15-16-26(29(31)32)24(17-23)14-13-21-9-6-5-7-10-21/h5-12,15-20H,13-14H2,1-4H3. The predicted octanol–water partition coefficient (Wildman–Crippen LogP) is 6.31. The zero-order valence-electron chi connectivity index (χ0n) is 19.1. The topological polar surface area (TPSA) is 63.5 Å². The van der Waals surface area contributed by atoms with Crippen molar-refractivity contribution in [3.8, 4) is 11.1 Å². The summed E-state index contributed by atoms with van der Waals surface area (Å²) in [6.45, 7) is 8.04. The minimum atomic E-state index is -0.326. The molecule has 0 N–H and O–H groups in total. The van der Waals surface area contributed by atoms with E-state index in [1.54, 1.807) is 12.1 Å². The van der Waals surface area contributed by atoms with E-state index in [4.69, 9.17) is 0 Å².